The zero-order valence-corrected chi connectivity index (χ0v) is 11.8. The van der Waals surface area contributed by atoms with Crippen molar-refractivity contribution in [3.8, 4) is 5.75 Å². The van der Waals surface area contributed by atoms with Gasteiger partial charge in [-0.2, -0.15) is 4.99 Å². The largest absolute Gasteiger partial charge is 0.507 e. The zero-order valence-electron chi connectivity index (χ0n) is 11.0. The third kappa shape index (κ3) is 2.78. The highest BCUT2D eigenvalue weighted by Crippen LogP contribution is 2.33. The van der Waals surface area contributed by atoms with E-state index in [0.29, 0.717) is 16.1 Å². The number of likely N-dealkylation sites (tertiary alicyclic amines) is 1. The minimum atomic E-state index is -1.13. The van der Waals surface area contributed by atoms with Crippen molar-refractivity contribution in [2.75, 3.05) is 13.1 Å². The molecule has 1 N–H and O–H groups in total. The van der Waals surface area contributed by atoms with Crippen LogP contribution in [-0.2, 0) is 4.79 Å². The molecule has 4 nitrogen and oxygen atoms in total. The highest BCUT2D eigenvalue weighted by molar-refractivity contribution is 8.18. The van der Waals surface area contributed by atoms with Crippen LogP contribution in [0, 0.1) is 11.6 Å². The molecular formula is C14H12F2N2O2S. The predicted molar refractivity (Wildman–Crippen MR) is 76.8 cm³/mol. The van der Waals surface area contributed by atoms with Crippen molar-refractivity contribution in [1.82, 2.24) is 4.90 Å². The van der Waals surface area contributed by atoms with Crippen molar-refractivity contribution in [3.05, 3.63) is 34.2 Å². The number of amides is 1. The van der Waals surface area contributed by atoms with Crippen LogP contribution in [0.25, 0.3) is 6.08 Å². The van der Waals surface area contributed by atoms with Crippen LogP contribution in [0.15, 0.2) is 22.0 Å². The molecule has 110 valence electrons. The molecule has 1 aromatic carbocycles. The first kappa shape index (κ1) is 14.1. The molecule has 0 radical (unpaired) electrons. The number of thioether (sulfide) groups is 1. The normalized spacial score (nSPS) is 20.5. The SMILES string of the molecule is O=C1N=C(N2CCCC2)SC1=Cc1cc(F)c(F)cc1O. The second-order valence-corrected chi connectivity index (χ2v) is 5.84. The Bertz CT molecular complexity index is 667. The molecule has 1 fully saturated rings. The van der Waals surface area contributed by atoms with E-state index in [0.717, 1.165) is 32.0 Å². The van der Waals surface area contributed by atoms with Gasteiger partial charge in [-0.25, -0.2) is 8.78 Å². The highest BCUT2D eigenvalue weighted by Gasteiger charge is 2.27. The Balaban J connectivity index is 1.85. The molecule has 0 bridgehead atoms. The number of phenolic OH excluding ortho intramolecular Hbond substituents is 1. The van der Waals surface area contributed by atoms with Crippen molar-refractivity contribution in [3.63, 3.8) is 0 Å². The van der Waals surface area contributed by atoms with Gasteiger partial charge in [-0.3, -0.25) is 4.79 Å². The van der Waals surface area contributed by atoms with E-state index >= 15 is 0 Å². The molecule has 0 unspecified atom stereocenters. The van der Waals surface area contributed by atoms with Gasteiger partial charge in [-0.15, -0.1) is 0 Å². The van der Waals surface area contributed by atoms with Crippen molar-refractivity contribution in [2.24, 2.45) is 4.99 Å². The maximum atomic E-state index is 13.2. The van der Waals surface area contributed by atoms with Crippen LogP contribution in [0.3, 0.4) is 0 Å². The first-order chi connectivity index (χ1) is 10.0. The molecule has 1 aromatic rings. The van der Waals surface area contributed by atoms with Crippen LogP contribution in [0.2, 0.25) is 0 Å². The number of benzene rings is 1. The van der Waals surface area contributed by atoms with E-state index < -0.39 is 23.3 Å². The second kappa shape index (κ2) is 5.48. The monoisotopic (exact) mass is 310 g/mol. The van der Waals surface area contributed by atoms with E-state index in [2.05, 4.69) is 4.99 Å². The number of hydrogen-bond donors (Lipinski definition) is 1. The molecule has 2 aliphatic rings. The molecular weight excluding hydrogens is 298 g/mol. The Kier molecular flexibility index (Phi) is 3.67. The number of halogens is 2. The number of carbonyl (C=O) groups is 1. The van der Waals surface area contributed by atoms with Crippen LogP contribution in [0.4, 0.5) is 8.78 Å². The van der Waals surface area contributed by atoms with Gasteiger partial charge < -0.3 is 10.0 Å². The van der Waals surface area contributed by atoms with Crippen molar-refractivity contribution in [2.45, 2.75) is 12.8 Å². The van der Waals surface area contributed by atoms with Gasteiger partial charge in [0.2, 0.25) is 0 Å². The minimum Gasteiger partial charge on any atom is -0.507 e. The average Bonchev–Trinajstić information content (AvgIpc) is 3.06. The molecule has 1 saturated heterocycles. The summed E-state index contributed by atoms with van der Waals surface area (Å²) in [6, 6.07) is 1.55. The molecule has 2 aliphatic heterocycles. The molecule has 2 heterocycles. The zero-order chi connectivity index (χ0) is 15.0. The Morgan fingerprint density at radius 1 is 1.24 bits per heavy atom. The lowest BCUT2D eigenvalue weighted by atomic mass is 10.1. The van der Waals surface area contributed by atoms with E-state index in [4.69, 9.17) is 0 Å². The number of aromatic hydroxyl groups is 1. The maximum Gasteiger partial charge on any atom is 0.286 e. The summed E-state index contributed by atoms with van der Waals surface area (Å²) in [6.45, 7) is 1.73. The van der Waals surface area contributed by atoms with Gasteiger partial charge >= 0.3 is 0 Å². The van der Waals surface area contributed by atoms with Crippen LogP contribution in [0.1, 0.15) is 18.4 Å². The van der Waals surface area contributed by atoms with Gasteiger partial charge in [0.15, 0.2) is 16.8 Å². The molecule has 0 aromatic heterocycles. The molecule has 3 rings (SSSR count). The van der Waals surface area contributed by atoms with Crippen LogP contribution in [0.5, 0.6) is 5.75 Å². The summed E-state index contributed by atoms with van der Waals surface area (Å²) < 4.78 is 26.2. The van der Waals surface area contributed by atoms with Gasteiger partial charge in [0.1, 0.15) is 5.75 Å². The number of hydrogen-bond acceptors (Lipinski definition) is 4. The lowest BCUT2D eigenvalue weighted by Gasteiger charge is -2.14. The smallest absolute Gasteiger partial charge is 0.286 e. The molecule has 0 saturated carbocycles. The van der Waals surface area contributed by atoms with Gasteiger partial charge in [0.05, 0.1) is 4.91 Å². The molecule has 21 heavy (non-hydrogen) atoms. The summed E-state index contributed by atoms with van der Waals surface area (Å²) in [5.41, 5.74) is 0.0580. The number of aliphatic imine (C=N–C) groups is 1. The standard InChI is InChI=1S/C14H12F2N2O2S/c15-9-5-8(11(19)7-10(9)16)6-12-13(20)17-14(21-12)18-3-1-2-4-18/h5-7,19H,1-4H2. The third-order valence-electron chi connectivity index (χ3n) is 3.34. The molecule has 0 spiro atoms. The Morgan fingerprint density at radius 3 is 2.62 bits per heavy atom. The lowest BCUT2D eigenvalue weighted by molar-refractivity contribution is -0.113. The number of rotatable bonds is 1. The van der Waals surface area contributed by atoms with Gasteiger partial charge in [0.25, 0.3) is 5.91 Å². The first-order valence-electron chi connectivity index (χ1n) is 6.50. The fourth-order valence-corrected chi connectivity index (χ4v) is 3.21. The Labute approximate surface area is 124 Å². The van der Waals surface area contributed by atoms with E-state index in [9.17, 15) is 18.7 Å². The fraction of sp³-hybridized carbons (Fsp3) is 0.286. The predicted octanol–water partition coefficient (Wildman–Crippen LogP) is 2.74. The first-order valence-corrected chi connectivity index (χ1v) is 7.32. The lowest BCUT2D eigenvalue weighted by Crippen LogP contribution is -2.23. The van der Waals surface area contributed by atoms with E-state index in [1.165, 1.54) is 17.8 Å². The fourth-order valence-electron chi connectivity index (χ4n) is 2.25. The van der Waals surface area contributed by atoms with E-state index in [1.54, 1.807) is 0 Å². The van der Waals surface area contributed by atoms with Crippen molar-refractivity contribution < 1.29 is 18.7 Å². The van der Waals surface area contributed by atoms with E-state index in [-0.39, 0.29) is 5.56 Å². The Morgan fingerprint density at radius 2 is 1.90 bits per heavy atom. The summed E-state index contributed by atoms with van der Waals surface area (Å²) in [7, 11) is 0. The quantitative estimate of drug-likeness (QED) is 0.810. The summed E-state index contributed by atoms with van der Waals surface area (Å²) in [5.74, 6) is -3.04. The third-order valence-corrected chi connectivity index (χ3v) is 4.39. The van der Waals surface area contributed by atoms with Crippen LogP contribution in [-0.4, -0.2) is 34.2 Å². The van der Waals surface area contributed by atoms with Crippen LogP contribution < -0.4 is 0 Å². The van der Waals surface area contributed by atoms with Gasteiger partial charge in [-0.1, -0.05) is 0 Å². The number of nitrogens with zero attached hydrogens (tertiary/aromatic N) is 2. The number of amidine groups is 1. The second-order valence-electron chi connectivity index (χ2n) is 4.83. The van der Waals surface area contributed by atoms with E-state index in [1.807, 2.05) is 4.90 Å². The molecule has 7 heteroatoms. The number of phenols is 1. The van der Waals surface area contributed by atoms with Gasteiger partial charge in [0, 0.05) is 24.7 Å². The molecule has 1 amide bonds. The topological polar surface area (TPSA) is 52.9 Å². The minimum absolute atomic E-state index is 0.0580. The maximum absolute atomic E-state index is 13.2. The summed E-state index contributed by atoms with van der Waals surface area (Å²) in [4.78, 5) is 18.1. The molecule has 0 atom stereocenters. The average molecular weight is 310 g/mol. The van der Waals surface area contributed by atoms with Crippen molar-refractivity contribution in [1.29, 1.82) is 0 Å². The summed E-state index contributed by atoms with van der Waals surface area (Å²) >= 11 is 1.19. The van der Waals surface area contributed by atoms with Gasteiger partial charge in [-0.05, 0) is 36.7 Å². The number of carbonyl (C=O) groups excluding carboxylic acids is 1. The summed E-state index contributed by atoms with van der Waals surface area (Å²) in [5, 5.41) is 10.3. The highest BCUT2D eigenvalue weighted by atomic mass is 32.2. The van der Waals surface area contributed by atoms with Crippen LogP contribution >= 0.6 is 11.8 Å². The molecule has 0 aliphatic carbocycles. The Hall–Kier alpha value is -1.89. The van der Waals surface area contributed by atoms with Crippen molar-refractivity contribution >= 4 is 28.9 Å². The summed E-state index contributed by atoms with van der Waals surface area (Å²) in [6.07, 6.45) is 3.46.